The highest BCUT2D eigenvalue weighted by Gasteiger charge is 2.22. The molecule has 0 aliphatic carbocycles. The second-order valence-electron chi connectivity index (χ2n) is 5.76. The molecule has 1 aromatic carbocycles. The number of nitrogens with two attached hydrogens (primary N) is 1. The van der Waals surface area contributed by atoms with Crippen molar-refractivity contribution in [1.82, 2.24) is 4.90 Å². The van der Waals surface area contributed by atoms with Gasteiger partial charge >= 0.3 is 0 Å². The number of rotatable bonds is 7. The van der Waals surface area contributed by atoms with Crippen molar-refractivity contribution in [1.29, 1.82) is 0 Å². The Bertz CT molecular complexity index is 424. The van der Waals surface area contributed by atoms with Gasteiger partial charge in [0.25, 0.3) is 0 Å². The number of aryl methyl sites for hydroxylation is 1. The van der Waals surface area contributed by atoms with Crippen molar-refractivity contribution in [3.05, 3.63) is 29.8 Å². The van der Waals surface area contributed by atoms with E-state index < -0.39 is 0 Å². The van der Waals surface area contributed by atoms with Crippen LogP contribution in [-0.2, 0) is 4.74 Å². The minimum absolute atomic E-state index is 0.288. The Balaban J connectivity index is 2.04. The molecule has 1 fully saturated rings. The summed E-state index contributed by atoms with van der Waals surface area (Å²) in [5, 5.41) is 0. The fourth-order valence-electron chi connectivity index (χ4n) is 2.93. The first-order valence-corrected chi connectivity index (χ1v) is 8.09. The van der Waals surface area contributed by atoms with Gasteiger partial charge in [0.05, 0.1) is 12.7 Å². The first kappa shape index (κ1) is 16.3. The number of morpholine rings is 1. The summed E-state index contributed by atoms with van der Waals surface area (Å²) in [7, 11) is 0. The number of benzene rings is 1. The Kier molecular flexibility index (Phi) is 6.49. The normalized spacial score (nSPS) is 19.7. The number of likely N-dealkylation sites (N-methyl/N-ethyl adjacent to an activating group) is 1. The zero-order chi connectivity index (χ0) is 15.1. The van der Waals surface area contributed by atoms with E-state index in [9.17, 15) is 0 Å². The van der Waals surface area contributed by atoms with Gasteiger partial charge in [-0.05, 0) is 38.1 Å². The van der Waals surface area contributed by atoms with Gasteiger partial charge in [-0.25, -0.2) is 0 Å². The number of nitrogens with zero attached hydrogens (tertiary/aromatic N) is 2. The van der Waals surface area contributed by atoms with E-state index in [1.807, 2.05) is 0 Å². The molecule has 1 atom stereocenters. The molecule has 0 saturated carbocycles. The van der Waals surface area contributed by atoms with Crippen LogP contribution in [0.2, 0.25) is 0 Å². The standard InChI is InChI=1S/C17H29N3O/c1-3-19-11-12-21-16(13-19)14-20(10-6-9-18)17-8-5-4-7-15(17)2/h4-5,7-8,16H,3,6,9-14,18H2,1-2H3. The third kappa shape index (κ3) is 4.70. The van der Waals surface area contributed by atoms with Crippen LogP contribution < -0.4 is 10.6 Å². The molecule has 1 aromatic rings. The fourth-order valence-corrected chi connectivity index (χ4v) is 2.93. The highest BCUT2D eigenvalue weighted by Crippen LogP contribution is 2.21. The molecule has 4 nitrogen and oxygen atoms in total. The highest BCUT2D eigenvalue weighted by molar-refractivity contribution is 5.53. The Hall–Kier alpha value is -1.10. The van der Waals surface area contributed by atoms with Crippen LogP contribution in [0.25, 0.3) is 0 Å². The van der Waals surface area contributed by atoms with Gasteiger partial charge in [-0.15, -0.1) is 0 Å². The summed E-state index contributed by atoms with van der Waals surface area (Å²) in [6, 6.07) is 8.57. The van der Waals surface area contributed by atoms with Gasteiger partial charge in [-0.1, -0.05) is 25.1 Å². The number of anilines is 1. The van der Waals surface area contributed by atoms with Crippen LogP contribution in [0.5, 0.6) is 0 Å². The SMILES string of the molecule is CCN1CCOC(CN(CCCN)c2ccccc2C)C1. The number of hydrogen-bond acceptors (Lipinski definition) is 4. The van der Waals surface area contributed by atoms with Crippen LogP contribution in [0.1, 0.15) is 18.9 Å². The van der Waals surface area contributed by atoms with E-state index in [0.29, 0.717) is 0 Å². The van der Waals surface area contributed by atoms with Crippen molar-refractivity contribution >= 4 is 5.69 Å². The van der Waals surface area contributed by atoms with E-state index in [4.69, 9.17) is 10.5 Å². The molecule has 1 aliphatic heterocycles. The molecule has 4 heteroatoms. The van der Waals surface area contributed by atoms with E-state index in [0.717, 1.165) is 52.3 Å². The molecule has 0 aromatic heterocycles. The van der Waals surface area contributed by atoms with E-state index in [1.54, 1.807) is 0 Å². The average molecular weight is 291 g/mol. The van der Waals surface area contributed by atoms with Crippen molar-refractivity contribution in [3.63, 3.8) is 0 Å². The lowest BCUT2D eigenvalue weighted by Crippen LogP contribution is -2.48. The quantitative estimate of drug-likeness (QED) is 0.833. The van der Waals surface area contributed by atoms with Crippen molar-refractivity contribution in [2.45, 2.75) is 26.4 Å². The summed E-state index contributed by atoms with van der Waals surface area (Å²) in [5.74, 6) is 0. The molecule has 2 rings (SSSR count). The average Bonchev–Trinajstić information content (AvgIpc) is 2.52. The molecule has 118 valence electrons. The monoisotopic (exact) mass is 291 g/mol. The maximum Gasteiger partial charge on any atom is 0.0877 e. The molecule has 1 aliphatic rings. The van der Waals surface area contributed by atoms with Gasteiger partial charge < -0.3 is 15.4 Å². The lowest BCUT2D eigenvalue weighted by Gasteiger charge is -2.36. The molecule has 0 radical (unpaired) electrons. The van der Waals surface area contributed by atoms with E-state index in [2.05, 4.69) is 47.9 Å². The van der Waals surface area contributed by atoms with Crippen LogP contribution in [0.15, 0.2) is 24.3 Å². The summed E-state index contributed by atoms with van der Waals surface area (Å²) >= 11 is 0. The molecule has 0 amide bonds. The summed E-state index contributed by atoms with van der Waals surface area (Å²) in [4.78, 5) is 4.90. The first-order valence-electron chi connectivity index (χ1n) is 8.09. The lowest BCUT2D eigenvalue weighted by atomic mass is 10.1. The second kappa shape index (κ2) is 8.37. The topological polar surface area (TPSA) is 41.7 Å². The zero-order valence-electron chi connectivity index (χ0n) is 13.4. The van der Waals surface area contributed by atoms with Gasteiger partial charge in [0.2, 0.25) is 0 Å². The van der Waals surface area contributed by atoms with Gasteiger partial charge in [0, 0.05) is 31.9 Å². The molecular weight excluding hydrogens is 262 g/mol. The van der Waals surface area contributed by atoms with Gasteiger partial charge in [0.1, 0.15) is 0 Å². The fraction of sp³-hybridized carbons (Fsp3) is 0.647. The van der Waals surface area contributed by atoms with E-state index >= 15 is 0 Å². The molecule has 2 N–H and O–H groups in total. The largest absolute Gasteiger partial charge is 0.374 e. The zero-order valence-corrected chi connectivity index (χ0v) is 13.4. The van der Waals surface area contributed by atoms with E-state index in [1.165, 1.54) is 11.3 Å². The minimum atomic E-state index is 0.288. The van der Waals surface area contributed by atoms with Crippen molar-refractivity contribution in [2.75, 3.05) is 50.8 Å². The summed E-state index contributed by atoms with van der Waals surface area (Å²) < 4.78 is 5.97. The van der Waals surface area contributed by atoms with Crippen LogP contribution >= 0.6 is 0 Å². The van der Waals surface area contributed by atoms with Crippen molar-refractivity contribution in [2.24, 2.45) is 5.73 Å². The van der Waals surface area contributed by atoms with Gasteiger partial charge in [-0.2, -0.15) is 0 Å². The van der Waals surface area contributed by atoms with E-state index in [-0.39, 0.29) is 6.10 Å². The molecule has 0 bridgehead atoms. The van der Waals surface area contributed by atoms with Crippen LogP contribution in [0.4, 0.5) is 5.69 Å². The predicted octanol–water partition coefficient (Wildman–Crippen LogP) is 1.87. The molecular formula is C17H29N3O. The van der Waals surface area contributed by atoms with Crippen LogP contribution in [0.3, 0.4) is 0 Å². The van der Waals surface area contributed by atoms with Crippen molar-refractivity contribution < 1.29 is 4.74 Å². The Morgan fingerprint density at radius 3 is 2.90 bits per heavy atom. The number of para-hydroxylation sites is 1. The molecule has 1 saturated heterocycles. The van der Waals surface area contributed by atoms with Crippen LogP contribution in [0, 0.1) is 6.92 Å². The molecule has 1 unspecified atom stereocenters. The van der Waals surface area contributed by atoms with Gasteiger partial charge in [0.15, 0.2) is 0 Å². The molecule has 21 heavy (non-hydrogen) atoms. The maximum absolute atomic E-state index is 5.97. The number of ether oxygens (including phenoxy) is 1. The third-order valence-corrected chi connectivity index (χ3v) is 4.18. The number of hydrogen-bond donors (Lipinski definition) is 1. The van der Waals surface area contributed by atoms with Gasteiger partial charge in [-0.3, -0.25) is 4.90 Å². The Labute approximate surface area is 128 Å². The summed E-state index contributed by atoms with van der Waals surface area (Å²) in [5.41, 5.74) is 8.33. The smallest absolute Gasteiger partial charge is 0.0877 e. The maximum atomic E-state index is 5.97. The second-order valence-corrected chi connectivity index (χ2v) is 5.76. The lowest BCUT2D eigenvalue weighted by molar-refractivity contribution is -0.0221. The highest BCUT2D eigenvalue weighted by atomic mass is 16.5. The van der Waals surface area contributed by atoms with Crippen molar-refractivity contribution in [3.8, 4) is 0 Å². The molecule has 0 spiro atoms. The minimum Gasteiger partial charge on any atom is -0.374 e. The summed E-state index contributed by atoms with van der Waals surface area (Å²) in [6.45, 7) is 11.1. The predicted molar refractivity (Wildman–Crippen MR) is 88.9 cm³/mol. The summed E-state index contributed by atoms with van der Waals surface area (Å²) in [6.07, 6.45) is 1.30. The first-order chi connectivity index (χ1) is 10.2. The van der Waals surface area contributed by atoms with Crippen LogP contribution in [-0.4, -0.2) is 56.9 Å². The Morgan fingerprint density at radius 1 is 1.38 bits per heavy atom. The molecule has 1 heterocycles. The third-order valence-electron chi connectivity index (χ3n) is 4.18. The Morgan fingerprint density at radius 2 is 2.19 bits per heavy atom.